The molecule has 0 saturated heterocycles. The zero-order valence-corrected chi connectivity index (χ0v) is 15.9. The Balaban J connectivity index is 1.82. The van der Waals surface area contributed by atoms with Gasteiger partial charge < -0.3 is 9.47 Å². The number of benzene rings is 1. The van der Waals surface area contributed by atoms with Gasteiger partial charge in [-0.15, -0.1) is 0 Å². The first kappa shape index (κ1) is 20.1. The van der Waals surface area contributed by atoms with Gasteiger partial charge in [0.1, 0.15) is 17.3 Å². The SMILES string of the molecule is CCC1(CCC(=O)CCCc2ccc(OC)c(OC)c2)C(=O)CCC1=O. The Morgan fingerprint density at radius 1 is 1.04 bits per heavy atom. The van der Waals surface area contributed by atoms with E-state index >= 15 is 0 Å². The van der Waals surface area contributed by atoms with Crippen LogP contribution in [0.25, 0.3) is 0 Å². The van der Waals surface area contributed by atoms with E-state index in [0.29, 0.717) is 50.0 Å². The van der Waals surface area contributed by atoms with Crippen molar-refractivity contribution >= 4 is 17.3 Å². The van der Waals surface area contributed by atoms with Gasteiger partial charge in [-0.3, -0.25) is 14.4 Å². The van der Waals surface area contributed by atoms with Crippen LogP contribution in [0.3, 0.4) is 0 Å². The molecule has 5 heteroatoms. The molecule has 26 heavy (non-hydrogen) atoms. The molecular weight excluding hydrogens is 332 g/mol. The summed E-state index contributed by atoms with van der Waals surface area (Å²) in [4.78, 5) is 36.4. The Hall–Kier alpha value is -2.17. The maximum atomic E-state index is 12.2. The number of aryl methyl sites for hydroxylation is 1. The lowest BCUT2D eigenvalue weighted by atomic mass is 9.77. The molecule has 1 aliphatic rings. The Morgan fingerprint density at radius 3 is 2.27 bits per heavy atom. The number of carbonyl (C=O) groups is 3. The van der Waals surface area contributed by atoms with E-state index in [1.807, 2.05) is 25.1 Å². The molecule has 0 aliphatic heterocycles. The van der Waals surface area contributed by atoms with Crippen molar-refractivity contribution < 1.29 is 23.9 Å². The van der Waals surface area contributed by atoms with Crippen LogP contribution in [0, 0.1) is 5.41 Å². The average Bonchev–Trinajstić information content (AvgIpc) is 2.94. The summed E-state index contributed by atoms with van der Waals surface area (Å²) >= 11 is 0. The summed E-state index contributed by atoms with van der Waals surface area (Å²) in [6, 6.07) is 5.75. The standard InChI is InChI=1S/C21H28O5/c1-4-21(19(23)10-11-20(21)24)13-12-16(22)7-5-6-15-8-9-17(25-2)18(14-15)26-3/h8-9,14H,4-7,10-13H2,1-3H3. The molecule has 0 radical (unpaired) electrons. The van der Waals surface area contributed by atoms with E-state index in [2.05, 4.69) is 0 Å². The molecule has 142 valence electrons. The molecule has 1 saturated carbocycles. The van der Waals surface area contributed by atoms with E-state index in [0.717, 1.165) is 18.4 Å². The maximum absolute atomic E-state index is 12.2. The topological polar surface area (TPSA) is 69.7 Å². The lowest BCUT2D eigenvalue weighted by Crippen LogP contribution is -2.32. The minimum absolute atomic E-state index is 0.0168. The Kier molecular flexibility index (Phi) is 6.95. The minimum atomic E-state index is -0.890. The number of ether oxygens (including phenoxy) is 2. The van der Waals surface area contributed by atoms with E-state index < -0.39 is 5.41 Å². The number of hydrogen-bond acceptors (Lipinski definition) is 5. The highest BCUT2D eigenvalue weighted by Gasteiger charge is 2.47. The van der Waals surface area contributed by atoms with Gasteiger partial charge in [-0.05, 0) is 43.4 Å². The highest BCUT2D eigenvalue weighted by molar-refractivity contribution is 6.13. The molecule has 0 atom stereocenters. The second kappa shape index (κ2) is 8.97. The van der Waals surface area contributed by atoms with Gasteiger partial charge in [0.05, 0.1) is 19.6 Å². The quantitative estimate of drug-likeness (QED) is 0.595. The maximum Gasteiger partial charge on any atom is 0.160 e. The van der Waals surface area contributed by atoms with Gasteiger partial charge in [-0.25, -0.2) is 0 Å². The summed E-state index contributed by atoms with van der Waals surface area (Å²) in [7, 11) is 3.19. The molecule has 1 aromatic rings. The Labute approximate surface area is 155 Å². The molecule has 0 unspecified atom stereocenters. The van der Waals surface area contributed by atoms with Crippen molar-refractivity contribution in [3.8, 4) is 11.5 Å². The fourth-order valence-electron chi connectivity index (χ4n) is 3.71. The van der Waals surface area contributed by atoms with E-state index in [4.69, 9.17) is 9.47 Å². The van der Waals surface area contributed by atoms with Crippen molar-refractivity contribution in [2.24, 2.45) is 5.41 Å². The summed E-state index contributed by atoms with van der Waals surface area (Å²) in [5, 5.41) is 0. The van der Waals surface area contributed by atoms with Gasteiger partial charge in [-0.2, -0.15) is 0 Å². The van der Waals surface area contributed by atoms with Crippen molar-refractivity contribution in [3.63, 3.8) is 0 Å². The summed E-state index contributed by atoms with van der Waals surface area (Å²) in [6.07, 6.45) is 3.80. The highest BCUT2D eigenvalue weighted by Crippen LogP contribution is 2.39. The zero-order valence-electron chi connectivity index (χ0n) is 15.9. The molecule has 2 rings (SSSR count). The van der Waals surface area contributed by atoms with Gasteiger partial charge in [0.2, 0.25) is 0 Å². The molecule has 0 amide bonds. The number of Topliss-reactive ketones (excluding diaryl/α,β-unsaturated/α-hetero) is 3. The largest absolute Gasteiger partial charge is 0.493 e. The van der Waals surface area contributed by atoms with Crippen molar-refractivity contribution in [2.45, 2.75) is 58.3 Å². The molecule has 0 spiro atoms. The van der Waals surface area contributed by atoms with Crippen LogP contribution < -0.4 is 9.47 Å². The third-order valence-electron chi connectivity index (χ3n) is 5.45. The smallest absolute Gasteiger partial charge is 0.160 e. The summed E-state index contributed by atoms with van der Waals surface area (Å²) < 4.78 is 10.5. The first-order valence-corrected chi connectivity index (χ1v) is 9.26. The van der Waals surface area contributed by atoms with Crippen LogP contribution in [-0.4, -0.2) is 31.6 Å². The van der Waals surface area contributed by atoms with Gasteiger partial charge in [0, 0.05) is 25.7 Å². The number of rotatable bonds is 10. The first-order valence-electron chi connectivity index (χ1n) is 9.26. The minimum Gasteiger partial charge on any atom is -0.493 e. The van der Waals surface area contributed by atoms with Crippen LogP contribution in [0.5, 0.6) is 11.5 Å². The van der Waals surface area contributed by atoms with Crippen molar-refractivity contribution in [2.75, 3.05) is 14.2 Å². The van der Waals surface area contributed by atoms with E-state index in [-0.39, 0.29) is 17.3 Å². The van der Waals surface area contributed by atoms with Crippen LogP contribution in [0.2, 0.25) is 0 Å². The number of carbonyl (C=O) groups excluding carboxylic acids is 3. The number of ketones is 3. The van der Waals surface area contributed by atoms with Gasteiger partial charge in [0.15, 0.2) is 11.5 Å². The molecular formula is C21H28O5. The van der Waals surface area contributed by atoms with Crippen molar-refractivity contribution in [1.29, 1.82) is 0 Å². The highest BCUT2D eigenvalue weighted by atomic mass is 16.5. The summed E-state index contributed by atoms with van der Waals surface area (Å²) in [6.45, 7) is 1.86. The van der Waals surface area contributed by atoms with Crippen molar-refractivity contribution in [3.05, 3.63) is 23.8 Å². The second-order valence-electron chi connectivity index (χ2n) is 6.86. The normalized spacial score (nSPS) is 16.0. The lowest BCUT2D eigenvalue weighted by Gasteiger charge is -2.23. The summed E-state index contributed by atoms with van der Waals surface area (Å²) in [5.74, 6) is 1.51. The van der Waals surface area contributed by atoms with Crippen LogP contribution in [-0.2, 0) is 20.8 Å². The van der Waals surface area contributed by atoms with Crippen molar-refractivity contribution in [1.82, 2.24) is 0 Å². The molecule has 0 N–H and O–H groups in total. The average molecular weight is 360 g/mol. The number of hydrogen-bond donors (Lipinski definition) is 0. The predicted octanol–water partition coefficient (Wildman–Crippen LogP) is 3.70. The second-order valence-corrected chi connectivity index (χ2v) is 6.86. The zero-order chi connectivity index (χ0) is 19.2. The molecule has 1 fully saturated rings. The van der Waals surface area contributed by atoms with E-state index in [1.54, 1.807) is 14.2 Å². The molecule has 1 aromatic carbocycles. The van der Waals surface area contributed by atoms with Crippen LogP contribution in [0.15, 0.2) is 18.2 Å². The third kappa shape index (κ3) is 4.32. The van der Waals surface area contributed by atoms with Crippen LogP contribution in [0.4, 0.5) is 0 Å². The Bertz CT molecular complexity index is 661. The van der Waals surface area contributed by atoms with Gasteiger partial charge >= 0.3 is 0 Å². The van der Waals surface area contributed by atoms with Gasteiger partial charge in [0.25, 0.3) is 0 Å². The lowest BCUT2D eigenvalue weighted by molar-refractivity contribution is -0.136. The molecule has 1 aliphatic carbocycles. The molecule has 0 bridgehead atoms. The third-order valence-corrected chi connectivity index (χ3v) is 5.45. The first-order chi connectivity index (χ1) is 12.5. The fraction of sp³-hybridized carbons (Fsp3) is 0.571. The fourth-order valence-corrected chi connectivity index (χ4v) is 3.71. The molecule has 5 nitrogen and oxygen atoms in total. The number of methoxy groups -OCH3 is 2. The molecule has 0 aromatic heterocycles. The monoisotopic (exact) mass is 360 g/mol. The summed E-state index contributed by atoms with van der Waals surface area (Å²) in [5.41, 5.74) is 0.195. The van der Waals surface area contributed by atoms with Gasteiger partial charge in [-0.1, -0.05) is 13.0 Å². The van der Waals surface area contributed by atoms with Crippen LogP contribution >= 0.6 is 0 Å². The van der Waals surface area contributed by atoms with E-state index in [1.165, 1.54) is 0 Å². The van der Waals surface area contributed by atoms with E-state index in [9.17, 15) is 14.4 Å². The van der Waals surface area contributed by atoms with Crippen LogP contribution in [0.1, 0.15) is 57.4 Å². The predicted molar refractivity (Wildman–Crippen MR) is 98.7 cm³/mol. The Morgan fingerprint density at radius 2 is 1.69 bits per heavy atom. The molecule has 0 heterocycles.